The molecule has 1 aromatic heterocycles. The zero-order valence-corrected chi connectivity index (χ0v) is 11.5. The third kappa shape index (κ3) is 3.47. The number of thiazole rings is 1. The SMILES string of the molecule is CCOc1ccc(OCc2csc(CC)n2)cc1. The van der Waals surface area contributed by atoms with E-state index in [9.17, 15) is 0 Å². The summed E-state index contributed by atoms with van der Waals surface area (Å²) in [6, 6.07) is 7.66. The fraction of sp³-hybridized carbons (Fsp3) is 0.357. The number of aromatic nitrogens is 1. The van der Waals surface area contributed by atoms with E-state index < -0.39 is 0 Å². The van der Waals surface area contributed by atoms with E-state index in [-0.39, 0.29) is 0 Å². The van der Waals surface area contributed by atoms with E-state index in [1.807, 2.05) is 36.6 Å². The van der Waals surface area contributed by atoms with Crippen LogP contribution < -0.4 is 9.47 Å². The summed E-state index contributed by atoms with van der Waals surface area (Å²) in [5.74, 6) is 1.70. The number of hydrogen-bond acceptors (Lipinski definition) is 4. The summed E-state index contributed by atoms with van der Waals surface area (Å²) in [7, 11) is 0. The van der Waals surface area contributed by atoms with Crippen LogP contribution in [-0.2, 0) is 13.0 Å². The molecule has 0 radical (unpaired) electrons. The molecule has 0 saturated carbocycles. The molecule has 0 fully saturated rings. The maximum atomic E-state index is 5.67. The quantitative estimate of drug-likeness (QED) is 0.796. The third-order valence-electron chi connectivity index (χ3n) is 2.42. The van der Waals surface area contributed by atoms with Crippen molar-refractivity contribution in [2.75, 3.05) is 6.61 Å². The Balaban J connectivity index is 1.89. The first-order chi connectivity index (χ1) is 8.81. The molecule has 0 aliphatic rings. The molecule has 0 saturated heterocycles. The van der Waals surface area contributed by atoms with E-state index in [1.54, 1.807) is 11.3 Å². The number of ether oxygens (including phenoxy) is 2. The molecule has 0 amide bonds. The summed E-state index contributed by atoms with van der Waals surface area (Å²) in [6.45, 7) is 5.27. The van der Waals surface area contributed by atoms with Crippen molar-refractivity contribution in [1.29, 1.82) is 0 Å². The van der Waals surface area contributed by atoms with Gasteiger partial charge in [0.05, 0.1) is 17.3 Å². The van der Waals surface area contributed by atoms with Gasteiger partial charge in [-0.3, -0.25) is 0 Å². The van der Waals surface area contributed by atoms with Gasteiger partial charge in [0.2, 0.25) is 0 Å². The zero-order chi connectivity index (χ0) is 12.8. The lowest BCUT2D eigenvalue weighted by atomic mass is 10.3. The molecule has 3 nitrogen and oxygen atoms in total. The van der Waals surface area contributed by atoms with Crippen LogP contribution in [0.25, 0.3) is 0 Å². The Bertz CT molecular complexity index is 479. The lowest BCUT2D eigenvalue weighted by Crippen LogP contribution is -1.96. The van der Waals surface area contributed by atoms with Gasteiger partial charge in [-0.15, -0.1) is 11.3 Å². The lowest BCUT2D eigenvalue weighted by Gasteiger charge is -2.06. The largest absolute Gasteiger partial charge is 0.494 e. The van der Waals surface area contributed by atoms with Crippen molar-refractivity contribution in [3.63, 3.8) is 0 Å². The molecule has 0 atom stereocenters. The fourth-order valence-electron chi connectivity index (χ4n) is 1.53. The summed E-state index contributed by atoms with van der Waals surface area (Å²) in [5, 5.41) is 3.20. The predicted octanol–water partition coefficient (Wildman–Crippen LogP) is 3.68. The van der Waals surface area contributed by atoms with Gasteiger partial charge in [-0.25, -0.2) is 4.98 Å². The number of hydrogen-bond donors (Lipinski definition) is 0. The minimum absolute atomic E-state index is 0.518. The van der Waals surface area contributed by atoms with Crippen molar-refractivity contribution >= 4 is 11.3 Å². The summed E-state index contributed by atoms with van der Waals surface area (Å²) in [5.41, 5.74) is 0.991. The van der Waals surface area contributed by atoms with Gasteiger partial charge in [0.1, 0.15) is 18.1 Å². The van der Waals surface area contributed by atoms with Gasteiger partial charge >= 0.3 is 0 Å². The minimum atomic E-state index is 0.518. The molecule has 96 valence electrons. The van der Waals surface area contributed by atoms with Crippen LogP contribution in [0.15, 0.2) is 29.6 Å². The highest BCUT2D eigenvalue weighted by molar-refractivity contribution is 7.09. The van der Waals surface area contributed by atoms with Crippen LogP contribution in [0.1, 0.15) is 24.5 Å². The first-order valence-corrected chi connectivity index (χ1v) is 6.98. The van der Waals surface area contributed by atoms with E-state index in [0.29, 0.717) is 13.2 Å². The molecule has 2 aromatic rings. The fourth-order valence-corrected chi connectivity index (χ4v) is 2.26. The maximum Gasteiger partial charge on any atom is 0.131 e. The summed E-state index contributed by atoms with van der Waals surface area (Å²) < 4.78 is 11.0. The van der Waals surface area contributed by atoms with Crippen LogP contribution in [0.3, 0.4) is 0 Å². The topological polar surface area (TPSA) is 31.4 Å². The molecule has 0 N–H and O–H groups in total. The highest BCUT2D eigenvalue weighted by atomic mass is 32.1. The van der Waals surface area contributed by atoms with Gasteiger partial charge in [-0.05, 0) is 37.6 Å². The van der Waals surface area contributed by atoms with Gasteiger partial charge in [-0.1, -0.05) is 6.92 Å². The molecule has 4 heteroatoms. The van der Waals surface area contributed by atoms with Crippen molar-refractivity contribution < 1.29 is 9.47 Å². The van der Waals surface area contributed by atoms with Crippen molar-refractivity contribution in [3.8, 4) is 11.5 Å². The van der Waals surface area contributed by atoms with Crippen molar-refractivity contribution in [2.45, 2.75) is 26.9 Å². The standard InChI is InChI=1S/C14H17NO2S/c1-3-14-15-11(10-18-14)9-17-13-7-5-12(6-8-13)16-4-2/h5-8,10H,3-4,9H2,1-2H3. The molecule has 0 bridgehead atoms. The number of benzene rings is 1. The second kappa shape index (κ2) is 6.40. The predicted molar refractivity (Wildman–Crippen MR) is 73.4 cm³/mol. The van der Waals surface area contributed by atoms with E-state index in [1.165, 1.54) is 0 Å². The van der Waals surface area contributed by atoms with E-state index in [4.69, 9.17) is 9.47 Å². The Labute approximate surface area is 111 Å². The molecule has 18 heavy (non-hydrogen) atoms. The summed E-state index contributed by atoms with van der Waals surface area (Å²) in [4.78, 5) is 4.46. The average Bonchev–Trinajstić information content (AvgIpc) is 2.86. The number of rotatable bonds is 6. The Morgan fingerprint density at radius 2 is 1.72 bits per heavy atom. The first kappa shape index (κ1) is 12.9. The monoisotopic (exact) mass is 263 g/mol. The molecular formula is C14H17NO2S. The van der Waals surface area contributed by atoms with Crippen LogP contribution in [0.4, 0.5) is 0 Å². The van der Waals surface area contributed by atoms with E-state index in [2.05, 4.69) is 11.9 Å². The highest BCUT2D eigenvalue weighted by Gasteiger charge is 2.01. The normalized spacial score (nSPS) is 10.3. The van der Waals surface area contributed by atoms with Gasteiger partial charge in [0.15, 0.2) is 0 Å². The smallest absolute Gasteiger partial charge is 0.131 e. The molecule has 1 aromatic carbocycles. The summed E-state index contributed by atoms with van der Waals surface area (Å²) >= 11 is 1.68. The Kier molecular flexibility index (Phi) is 4.59. The van der Waals surface area contributed by atoms with Crippen molar-refractivity contribution in [1.82, 2.24) is 4.98 Å². The van der Waals surface area contributed by atoms with Gasteiger partial charge in [0.25, 0.3) is 0 Å². The van der Waals surface area contributed by atoms with Gasteiger partial charge < -0.3 is 9.47 Å². The van der Waals surface area contributed by atoms with Crippen LogP contribution in [0, 0.1) is 0 Å². The Hall–Kier alpha value is -1.55. The molecule has 1 heterocycles. The molecule has 2 rings (SSSR count). The Morgan fingerprint density at radius 3 is 2.28 bits per heavy atom. The van der Waals surface area contributed by atoms with Crippen LogP contribution in [0.5, 0.6) is 11.5 Å². The van der Waals surface area contributed by atoms with Crippen LogP contribution >= 0.6 is 11.3 Å². The van der Waals surface area contributed by atoms with E-state index in [0.717, 1.165) is 28.6 Å². The van der Waals surface area contributed by atoms with Crippen molar-refractivity contribution in [2.24, 2.45) is 0 Å². The summed E-state index contributed by atoms with van der Waals surface area (Å²) in [6.07, 6.45) is 0.980. The average molecular weight is 263 g/mol. The third-order valence-corrected chi connectivity index (χ3v) is 3.47. The van der Waals surface area contributed by atoms with Crippen LogP contribution in [0.2, 0.25) is 0 Å². The lowest BCUT2D eigenvalue weighted by molar-refractivity contribution is 0.300. The number of aryl methyl sites for hydroxylation is 1. The first-order valence-electron chi connectivity index (χ1n) is 6.10. The molecule has 0 unspecified atom stereocenters. The second-order valence-electron chi connectivity index (χ2n) is 3.78. The van der Waals surface area contributed by atoms with Crippen LogP contribution in [-0.4, -0.2) is 11.6 Å². The highest BCUT2D eigenvalue weighted by Crippen LogP contribution is 2.19. The van der Waals surface area contributed by atoms with Gasteiger partial charge in [0, 0.05) is 5.38 Å². The number of nitrogens with zero attached hydrogens (tertiary/aromatic N) is 1. The Morgan fingerprint density at radius 1 is 1.06 bits per heavy atom. The zero-order valence-electron chi connectivity index (χ0n) is 10.7. The molecular weight excluding hydrogens is 246 g/mol. The molecule has 0 aliphatic carbocycles. The van der Waals surface area contributed by atoms with E-state index >= 15 is 0 Å². The maximum absolute atomic E-state index is 5.67. The minimum Gasteiger partial charge on any atom is -0.494 e. The molecule has 0 spiro atoms. The van der Waals surface area contributed by atoms with Crippen molar-refractivity contribution in [3.05, 3.63) is 40.3 Å². The second-order valence-corrected chi connectivity index (χ2v) is 4.72. The molecule has 0 aliphatic heterocycles. The van der Waals surface area contributed by atoms with Gasteiger partial charge in [-0.2, -0.15) is 0 Å².